The molecule has 2 aromatic rings. The molecular formula is C18H23N3O4S3. The van der Waals surface area contributed by atoms with Crippen LogP contribution in [-0.2, 0) is 21.4 Å². The van der Waals surface area contributed by atoms with Crippen LogP contribution in [0.3, 0.4) is 0 Å². The summed E-state index contributed by atoms with van der Waals surface area (Å²) in [5.74, 6) is -0.431. The van der Waals surface area contributed by atoms with E-state index in [0.717, 1.165) is 16.2 Å². The van der Waals surface area contributed by atoms with Gasteiger partial charge < -0.3 is 10.2 Å². The zero-order chi connectivity index (χ0) is 20.3. The molecule has 7 nitrogen and oxygen atoms in total. The maximum atomic E-state index is 12.9. The van der Waals surface area contributed by atoms with Gasteiger partial charge in [0.1, 0.15) is 4.21 Å². The number of piperidine rings is 1. The van der Waals surface area contributed by atoms with Crippen molar-refractivity contribution in [1.82, 2.24) is 14.5 Å². The minimum Gasteiger partial charge on any atom is -0.351 e. The van der Waals surface area contributed by atoms with E-state index in [4.69, 9.17) is 0 Å². The van der Waals surface area contributed by atoms with Crippen LogP contribution in [0.15, 0.2) is 33.2 Å². The Morgan fingerprint density at radius 1 is 1.25 bits per heavy atom. The molecule has 0 aromatic carbocycles. The third-order valence-corrected chi connectivity index (χ3v) is 8.85. The minimum atomic E-state index is -3.65. The second-order valence-corrected chi connectivity index (χ2v) is 10.9. The molecule has 0 radical (unpaired) electrons. The summed E-state index contributed by atoms with van der Waals surface area (Å²) in [7, 11) is -0.391. The number of carbonyl (C=O) groups is 2. The van der Waals surface area contributed by atoms with Gasteiger partial charge in [-0.05, 0) is 30.4 Å². The average molecular weight is 442 g/mol. The Hall–Kier alpha value is -1.75. The monoisotopic (exact) mass is 441 g/mol. The van der Waals surface area contributed by atoms with Crippen LogP contribution in [0.25, 0.3) is 0 Å². The molecule has 0 unspecified atom stereocenters. The summed E-state index contributed by atoms with van der Waals surface area (Å²) in [6, 6.07) is 5.34. The van der Waals surface area contributed by atoms with Gasteiger partial charge in [-0.25, -0.2) is 8.42 Å². The molecule has 3 heterocycles. The van der Waals surface area contributed by atoms with E-state index in [2.05, 4.69) is 5.32 Å². The molecule has 1 aliphatic heterocycles. The van der Waals surface area contributed by atoms with Crippen molar-refractivity contribution < 1.29 is 18.0 Å². The molecule has 0 atom stereocenters. The molecule has 2 aromatic heterocycles. The molecule has 1 saturated heterocycles. The maximum Gasteiger partial charge on any atom is 0.254 e. The Morgan fingerprint density at radius 2 is 1.96 bits per heavy atom. The third kappa shape index (κ3) is 4.62. The van der Waals surface area contributed by atoms with Crippen LogP contribution in [0.4, 0.5) is 0 Å². The average Bonchev–Trinajstić information content (AvgIpc) is 3.37. The minimum absolute atomic E-state index is 0.0274. The van der Waals surface area contributed by atoms with Crippen molar-refractivity contribution in [2.45, 2.75) is 23.6 Å². The van der Waals surface area contributed by atoms with E-state index >= 15 is 0 Å². The van der Waals surface area contributed by atoms with Crippen LogP contribution in [0, 0.1) is 5.92 Å². The Bertz CT molecular complexity index is 927. The number of carbonyl (C=O) groups excluding carboxylic acids is 2. The van der Waals surface area contributed by atoms with Gasteiger partial charge in [0.25, 0.3) is 15.9 Å². The summed E-state index contributed by atoms with van der Waals surface area (Å²) < 4.78 is 27.3. The second-order valence-electron chi connectivity index (χ2n) is 6.83. The summed E-state index contributed by atoms with van der Waals surface area (Å²) in [5.41, 5.74) is 0.372. The molecule has 28 heavy (non-hydrogen) atoms. The lowest BCUT2D eigenvalue weighted by Gasteiger charge is -2.30. The highest BCUT2D eigenvalue weighted by molar-refractivity contribution is 7.91. The first-order valence-corrected chi connectivity index (χ1v) is 12.1. The summed E-state index contributed by atoms with van der Waals surface area (Å²) in [6.45, 7) is 1.11. The van der Waals surface area contributed by atoms with Gasteiger partial charge in [0, 0.05) is 43.4 Å². The predicted molar refractivity (Wildman–Crippen MR) is 110 cm³/mol. The van der Waals surface area contributed by atoms with Gasteiger partial charge in [-0.1, -0.05) is 6.07 Å². The maximum absolute atomic E-state index is 12.9. The van der Waals surface area contributed by atoms with Crippen LogP contribution in [-0.4, -0.2) is 56.6 Å². The smallest absolute Gasteiger partial charge is 0.254 e. The highest BCUT2D eigenvalue weighted by atomic mass is 32.2. The quantitative estimate of drug-likeness (QED) is 0.745. The van der Waals surface area contributed by atoms with Crippen LogP contribution >= 0.6 is 22.7 Å². The summed E-state index contributed by atoms with van der Waals surface area (Å²) in [4.78, 5) is 26.9. The van der Waals surface area contributed by atoms with Gasteiger partial charge in [0.05, 0.1) is 12.1 Å². The Labute approximate surface area is 173 Å². The van der Waals surface area contributed by atoms with Crippen molar-refractivity contribution in [2.75, 3.05) is 27.2 Å². The first-order valence-electron chi connectivity index (χ1n) is 8.89. The van der Waals surface area contributed by atoms with E-state index in [1.54, 1.807) is 30.8 Å². The fraction of sp³-hybridized carbons (Fsp3) is 0.444. The highest BCUT2D eigenvalue weighted by Gasteiger charge is 2.33. The highest BCUT2D eigenvalue weighted by Crippen LogP contribution is 2.28. The molecular weight excluding hydrogens is 418 g/mol. The number of hydrogen-bond donors (Lipinski definition) is 1. The zero-order valence-electron chi connectivity index (χ0n) is 15.8. The van der Waals surface area contributed by atoms with Crippen molar-refractivity contribution in [1.29, 1.82) is 0 Å². The summed E-state index contributed by atoms with van der Waals surface area (Å²) in [6.07, 6.45) is 0.981. The second kappa shape index (κ2) is 8.73. The molecule has 1 N–H and O–H groups in total. The van der Waals surface area contributed by atoms with Gasteiger partial charge in [-0.3, -0.25) is 9.59 Å². The van der Waals surface area contributed by atoms with Crippen molar-refractivity contribution in [3.63, 3.8) is 0 Å². The Morgan fingerprint density at radius 3 is 2.57 bits per heavy atom. The largest absolute Gasteiger partial charge is 0.351 e. The molecule has 0 bridgehead atoms. The number of nitrogens with zero attached hydrogens (tertiary/aromatic N) is 2. The first-order chi connectivity index (χ1) is 13.3. The van der Waals surface area contributed by atoms with Gasteiger partial charge in [-0.2, -0.15) is 4.31 Å². The van der Waals surface area contributed by atoms with Crippen molar-refractivity contribution in [3.8, 4) is 0 Å². The van der Waals surface area contributed by atoms with E-state index < -0.39 is 10.0 Å². The number of rotatable bonds is 6. The third-order valence-electron chi connectivity index (χ3n) is 4.66. The zero-order valence-corrected chi connectivity index (χ0v) is 18.2. The summed E-state index contributed by atoms with van der Waals surface area (Å²) >= 11 is 2.64. The number of amides is 2. The van der Waals surface area contributed by atoms with Crippen LogP contribution < -0.4 is 5.32 Å². The Balaban J connectivity index is 1.57. The number of nitrogens with one attached hydrogen (secondary N) is 1. The molecule has 152 valence electrons. The first kappa shape index (κ1) is 21.0. The summed E-state index contributed by atoms with van der Waals surface area (Å²) in [5, 5.41) is 6.46. The molecule has 1 aliphatic rings. The lowest BCUT2D eigenvalue weighted by Crippen LogP contribution is -2.42. The molecule has 1 fully saturated rings. The van der Waals surface area contributed by atoms with Gasteiger partial charge in [-0.15, -0.1) is 22.7 Å². The predicted octanol–water partition coefficient (Wildman–Crippen LogP) is 2.23. The molecule has 3 rings (SSSR count). The topological polar surface area (TPSA) is 86.8 Å². The van der Waals surface area contributed by atoms with Crippen molar-refractivity contribution in [2.24, 2.45) is 5.92 Å². The molecule has 10 heteroatoms. The van der Waals surface area contributed by atoms with E-state index in [1.165, 1.54) is 15.3 Å². The molecule has 2 amide bonds. The molecule has 0 aliphatic carbocycles. The number of hydrogen-bond acceptors (Lipinski definition) is 6. The normalized spacial score (nSPS) is 16.1. The molecule has 0 saturated carbocycles. The SMILES string of the molecule is CN(C)C(=O)c1csc(S(=O)(=O)N2CCC(C(=O)NCc3cccs3)CC2)c1. The van der Waals surface area contributed by atoms with E-state index in [1.807, 2.05) is 17.5 Å². The van der Waals surface area contributed by atoms with E-state index in [0.29, 0.717) is 38.0 Å². The van der Waals surface area contributed by atoms with Crippen LogP contribution in [0.1, 0.15) is 28.1 Å². The van der Waals surface area contributed by atoms with Crippen LogP contribution in [0.5, 0.6) is 0 Å². The molecule has 0 spiro atoms. The fourth-order valence-corrected chi connectivity index (χ4v) is 6.46. The van der Waals surface area contributed by atoms with Gasteiger partial charge in [0.2, 0.25) is 5.91 Å². The van der Waals surface area contributed by atoms with Gasteiger partial charge in [0.15, 0.2) is 0 Å². The number of thiophene rings is 2. The lowest BCUT2D eigenvalue weighted by atomic mass is 9.97. The van der Waals surface area contributed by atoms with E-state index in [-0.39, 0.29) is 21.9 Å². The van der Waals surface area contributed by atoms with Gasteiger partial charge >= 0.3 is 0 Å². The van der Waals surface area contributed by atoms with Crippen molar-refractivity contribution >= 4 is 44.5 Å². The lowest BCUT2D eigenvalue weighted by molar-refractivity contribution is -0.126. The van der Waals surface area contributed by atoms with E-state index in [9.17, 15) is 18.0 Å². The number of sulfonamides is 1. The fourth-order valence-electron chi connectivity index (χ4n) is 3.04. The van der Waals surface area contributed by atoms with Crippen molar-refractivity contribution in [3.05, 3.63) is 39.4 Å². The Kier molecular flexibility index (Phi) is 6.54. The standard InChI is InChI=1S/C18H23N3O4S3/c1-20(2)18(23)14-10-16(27-12-14)28(24,25)21-7-5-13(6-8-21)17(22)19-11-15-4-3-9-26-15/h3-4,9-10,12-13H,5-8,11H2,1-2H3,(H,19,22). The van der Waals surface area contributed by atoms with Crippen LogP contribution in [0.2, 0.25) is 0 Å².